The fourth-order valence-electron chi connectivity index (χ4n) is 12.0. The number of amides is 1. The number of carboxylic acids is 1. The maximum atomic E-state index is 13.6. The van der Waals surface area contributed by atoms with E-state index in [0.717, 1.165) is 61.8 Å². The molecule has 1 fully saturated rings. The van der Waals surface area contributed by atoms with Crippen LogP contribution in [0.25, 0.3) is 27.1 Å². The second kappa shape index (κ2) is 21.7. The smallest absolute Gasteiger partial charge is 0.143 e. The molecule has 4 unspecified atom stereocenters. The molecule has 0 bridgehead atoms. The van der Waals surface area contributed by atoms with E-state index in [0.29, 0.717) is 33.4 Å². The standard InChI is InChI=1S/C55H56N5O18P3/c1-29-25-54(3,4)58-42-18-16-37-34(45(29)42)12-14-39-47(40-15-13-35-38(49(40)74-48(37)39)17-19-43-46(35)30(2)26-55(5,6)59-43)36-11-9-31(24-41(36)52(63)64)50(61)56-21-23-72-22-7-8-32-27-60(53(65)57-51(32)62)44-20-10-33(73-44)28-81(77-75-66,78-76-67,79(68)69)80(70)71/h9,11-19,24,27,29-30,33,44,58,66-67H,10,20-23,25-26,28H2,1-6H3,(H,56,61)(H,63,64)(H,57,62,65)/p-1. The summed E-state index contributed by atoms with van der Waals surface area (Å²) in [5, 5.41) is 49.6. The van der Waals surface area contributed by atoms with Gasteiger partial charge in [0.15, 0.2) is 0 Å². The van der Waals surface area contributed by atoms with Crippen LogP contribution >= 0.6 is 21.2 Å². The number of aromatic amines is 1. The topological polar surface area (TPSA) is 322 Å². The van der Waals surface area contributed by atoms with Gasteiger partial charge in [-0.1, -0.05) is 32.0 Å². The number of carboxylic acid groups (broad SMARTS) is 1. The van der Waals surface area contributed by atoms with E-state index in [1.165, 1.54) is 11.6 Å². The number of fused-ring (bicyclic) bond motifs is 10. The third-order valence-electron chi connectivity index (χ3n) is 15.2. The minimum Gasteiger partial charge on any atom is -0.545 e. The van der Waals surface area contributed by atoms with Gasteiger partial charge in [0.05, 0.1) is 16.9 Å². The van der Waals surface area contributed by atoms with E-state index in [1.54, 1.807) is 12.1 Å². The van der Waals surface area contributed by atoms with Crippen molar-refractivity contribution < 1.29 is 77.1 Å². The van der Waals surface area contributed by atoms with Crippen LogP contribution < -0.4 is 42.3 Å². The quantitative estimate of drug-likeness (QED) is 0.0201. The van der Waals surface area contributed by atoms with E-state index in [2.05, 4.69) is 107 Å². The first-order chi connectivity index (χ1) is 38.5. The maximum absolute atomic E-state index is 13.6. The Morgan fingerprint density at radius 2 is 1.53 bits per heavy atom. The summed E-state index contributed by atoms with van der Waals surface area (Å²) < 4.78 is 76.9. The van der Waals surface area contributed by atoms with Crippen molar-refractivity contribution in [1.82, 2.24) is 14.9 Å². The molecule has 1 saturated heterocycles. The Morgan fingerprint density at radius 3 is 2.25 bits per heavy atom. The van der Waals surface area contributed by atoms with Gasteiger partial charge in [-0.15, -0.1) is 0 Å². The van der Waals surface area contributed by atoms with Crippen molar-refractivity contribution in [3.05, 3.63) is 143 Å². The molecule has 0 spiro atoms. The normalized spacial score (nSPS) is 19.9. The van der Waals surface area contributed by atoms with Crippen LogP contribution in [0.2, 0.25) is 0 Å². The zero-order chi connectivity index (χ0) is 57.9. The van der Waals surface area contributed by atoms with Crippen molar-refractivity contribution in [2.24, 2.45) is 4.99 Å². The van der Waals surface area contributed by atoms with Crippen molar-refractivity contribution in [3.63, 3.8) is 0 Å². The Kier molecular flexibility index (Phi) is 15.3. The van der Waals surface area contributed by atoms with Crippen LogP contribution in [0.3, 0.4) is 0 Å². The predicted octanol–water partition coefficient (Wildman–Crippen LogP) is 8.04. The second-order valence-electron chi connectivity index (χ2n) is 21.9. The summed E-state index contributed by atoms with van der Waals surface area (Å²) in [4.78, 5) is 59.6. The molecule has 1 aromatic heterocycles. The number of hydrogen-bond donors (Lipinski definition) is 5. The third kappa shape index (κ3) is 10.3. The van der Waals surface area contributed by atoms with Crippen LogP contribution in [0.1, 0.15) is 134 Å². The molecule has 424 valence electrons. The molecule has 10 rings (SSSR count). The van der Waals surface area contributed by atoms with Gasteiger partial charge < -0.3 is 25.3 Å². The van der Waals surface area contributed by atoms with Crippen LogP contribution in [-0.4, -0.2) is 75.0 Å². The first kappa shape index (κ1) is 57.2. The molecule has 6 aromatic rings. The number of aromatic nitrogens is 2. The van der Waals surface area contributed by atoms with E-state index in [9.17, 15) is 42.5 Å². The van der Waals surface area contributed by atoms with Gasteiger partial charge in [-0.3, -0.25) is 9.79 Å². The molecule has 5 heterocycles. The molecular weight excluding hydrogens is 1110 g/mol. The Bertz CT molecular complexity index is 4080. The minimum atomic E-state index is -6.25. The molecule has 23 nitrogen and oxygen atoms in total. The van der Waals surface area contributed by atoms with Gasteiger partial charge in [0.1, 0.15) is 11.5 Å². The average Bonchev–Trinajstić information content (AvgIpc) is 3.36. The Hall–Kier alpha value is -7.02. The van der Waals surface area contributed by atoms with Gasteiger partial charge in [-0.25, -0.2) is 0 Å². The average molecular weight is 1170 g/mol. The minimum absolute atomic E-state index is 0.0385. The van der Waals surface area contributed by atoms with Gasteiger partial charge in [0.2, 0.25) is 0 Å². The number of anilines is 1. The van der Waals surface area contributed by atoms with Crippen molar-refractivity contribution in [3.8, 4) is 23.3 Å². The first-order valence-corrected chi connectivity index (χ1v) is 31.8. The van der Waals surface area contributed by atoms with E-state index in [-0.39, 0.29) is 72.2 Å². The number of nitrogens with one attached hydrogen (secondary N) is 3. The molecule has 4 aliphatic heterocycles. The van der Waals surface area contributed by atoms with E-state index >= 15 is 0 Å². The number of rotatable bonds is 16. The number of aromatic carboxylic acids is 1. The number of H-pyrrole nitrogens is 1. The second-order valence-corrected chi connectivity index (χ2v) is 33.3. The van der Waals surface area contributed by atoms with Gasteiger partial charge in [0, 0.05) is 56.0 Å². The summed E-state index contributed by atoms with van der Waals surface area (Å²) >= 11 is 0. The van der Waals surface area contributed by atoms with E-state index in [4.69, 9.17) is 29.7 Å². The van der Waals surface area contributed by atoms with Gasteiger partial charge in [-0.05, 0) is 128 Å². The molecule has 5 aromatic carbocycles. The Labute approximate surface area is 461 Å². The van der Waals surface area contributed by atoms with Crippen molar-refractivity contribution in [2.75, 3.05) is 31.2 Å². The molecule has 4 aliphatic rings. The Balaban J connectivity index is 0.883. The molecule has 81 heavy (non-hydrogen) atoms. The summed E-state index contributed by atoms with van der Waals surface area (Å²) in [7, 11) is -8.60. The SMILES string of the molecule is CC1CC(C)(C)Nc2ccc3c4c(ccc3c21)C(c1ccc(C(=O)NCCOCC#Cc2cn(C3CCC(CP(OOO)(OOO)(P(=O)=O)P(=O)=O)O3)c(=O)[nH]c2=O)cc1C(=O)[O-])=c1ccc2c3c(ccc2c1O4)=NC(C)(C)CC3C. The largest absolute Gasteiger partial charge is 0.545 e. The van der Waals surface area contributed by atoms with Crippen LogP contribution in [0.15, 0.2) is 87.5 Å². The third-order valence-corrected chi connectivity index (χ3v) is 26.5. The van der Waals surface area contributed by atoms with Crippen LogP contribution in [0.5, 0.6) is 11.5 Å². The zero-order valence-electron chi connectivity index (χ0n) is 44.6. The van der Waals surface area contributed by atoms with Gasteiger partial charge in [-0.2, -0.15) is 0 Å². The molecule has 26 heteroatoms. The molecule has 0 radical (unpaired) electrons. The van der Waals surface area contributed by atoms with Crippen molar-refractivity contribution >= 4 is 65.9 Å². The fraction of sp³-hybridized carbons (Fsp3) is 0.364. The monoisotopic (exact) mass is 1170 g/mol. The zero-order valence-corrected chi connectivity index (χ0v) is 47.2. The molecule has 5 N–H and O–H groups in total. The summed E-state index contributed by atoms with van der Waals surface area (Å²) in [5.74, 6) is 4.69. The molecule has 0 aliphatic carbocycles. The number of hydrogen-bond acceptors (Lipinski definition) is 20. The fourth-order valence-corrected chi connectivity index (χ4v) is 18.4. The number of carbonyl (C=O) groups is 2. The maximum Gasteiger partial charge on any atom is 0.143 e. The number of ether oxygens (including phenoxy) is 3. The number of benzene rings is 5. The summed E-state index contributed by atoms with van der Waals surface area (Å²) in [6.45, 7) is 12.7. The van der Waals surface area contributed by atoms with Crippen molar-refractivity contribution in [1.29, 1.82) is 0 Å². The van der Waals surface area contributed by atoms with Gasteiger partial charge >= 0.3 is 177 Å². The number of nitrogens with zero attached hydrogens (tertiary/aromatic N) is 2. The first-order valence-electron chi connectivity index (χ1n) is 25.8. The van der Waals surface area contributed by atoms with Crippen molar-refractivity contribution in [2.45, 2.75) is 102 Å². The molecule has 1 amide bonds. The van der Waals surface area contributed by atoms with E-state index in [1.807, 2.05) is 30.3 Å². The van der Waals surface area contributed by atoms with Crippen LogP contribution in [0, 0.1) is 11.8 Å². The van der Waals surface area contributed by atoms with Gasteiger partial charge in [0.25, 0.3) is 5.91 Å². The van der Waals surface area contributed by atoms with E-state index < -0.39 is 62.8 Å². The van der Waals surface area contributed by atoms with Crippen LogP contribution in [0.4, 0.5) is 5.69 Å². The molecular formula is C55H55N5O18P3-. The summed E-state index contributed by atoms with van der Waals surface area (Å²) in [6.07, 6.45) is -7.33. The molecule has 4 atom stereocenters. The predicted molar refractivity (Wildman–Crippen MR) is 291 cm³/mol. The van der Waals surface area contributed by atoms with Crippen LogP contribution in [-0.2, 0) is 47.2 Å². The summed E-state index contributed by atoms with van der Waals surface area (Å²) in [5.41, 5.74) is 2.37. The molecule has 0 saturated carbocycles. The summed E-state index contributed by atoms with van der Waals surface area (Å²) in [6, 6.07) is 20.7. The Morgan fingerprint density at radius 1 is 0.864 bits per heavy atom. The number of carbonyl (C=O) groups excluding carboxylic acids is 2.